The third-order valence-corrected chi connectivity index (χ3v) is 3.75. The van der Waals surface area contributed by atoms with Crippen LogP contribution in [0.15, 0.2) is 24.3 Å². The first-order valence-electron chi connectivity index (χ1n) is 7.35. The van der Waals surface area contributed by atoms with Crippen LogP contribution < -0.4 is 0 Å². The van der Waals surface area contributed by atoms with Crippen molar-refractivity contribution in [1.29, 1.82) is 0 Å². The van der Waals surface area contributed by atoms with Crippen LogP contribution in [0, 0.1) is 10.1 Å². The minimum absolute atomic E-state index is 0.0311. The first-order valence-corrected chi connectivity index (χ1v) is 7.35. The molecule has 9 nitrogen and oxygen atoms in total. The molecule has 2 rings (SSSR count). The van der Waals surface area contributed by atoms with E-state index >= 15 is 0 Å². The van der Waals surface area contributed by atoms with Gasteiger partial charge >= 0.3 is 6.09 Å². The Balaban J connectivity index is 1.98. The molecule has 1 aliphatic rings. The van der Waals surface area contributed by atoms with E-state index in [1.165, 1.54) is 34.1 Å². The number of nitro benzene ring substituents is 1. The average Bonchev–Trinajstić information content (AvgIpc) is 2.94. The molecule has 1 saturated heterocycles. The number of rotatable bonds is 4. The molecule has 0 aliphatic carbocycles. The topological polar surface area (TPSA) is 113 Å². The number of hydrogen-bond donors (Lipinski definition) is 1. The van der Waals surface area contributed by atoms with Gasteiger partial charge in [0.05, 0.1) is 17.6 Å². The number of β-amino-alcohol motifs (C(OH)–C–C–N with tert-alkyl or cyclic N) is 1. The van der Waals surface area contributed by atoms with E-state index < -0.39 is 23.2 Å². The van der Waals surface area contributed by atoms with Crippen molar-refractivity contribution in [3.8, 4) is 0 Å². The number of amides is 2. The van der Waals surface area contributed by atoms with Crippen LogP contribution in [-0.2, 0) is 16.1 Å². The van der Waals surface area contributed by atoms with Gasteiger partial charge in [-0.15, -0.1) is 0 Å². The Hall–Kier alpha value is -2.68. The molecule has 0 saturated carbocycles. The van der Waals surface area contributed by atoms with E-state index in [1.807, 2.05) is 0 Å². The molecular formula is C15H19N3O6. The summed E-state index contributed by atoms with van der Waals surface area (Å²) >= 11 is 0. The average molecular weight is 337 g/mol. The second kappa shape index (κ2) is 7.26. The SMILES string of the molecule is CN(C)C(=O)[C@@H]1C[C@H](O)CN1C(=O)OCc1ccc([N+](=O)[O-])cc1. The van der Waals surface area contributed by atoms with Gasteiger partial charge in [-0.05, 0) is 17.7 Å². The summed E-state index contributed by atoms with van der Waals surface area (Å²) in [6.45, 7) is -0.0460. The molecule has 24 heavy (non-hydrogen) atoms. The highest BCUT2D eigenvalue weighted by molar-refractivity contribution is 5.86. The number of nitrogens with zero attached hydrogens (tertiary/aromatic N) is 3. The number of nitro groups is 1. The lowest BCUT2D eigenvalue weighted by Gasteiger charge is -2.25. The molecule has 0 unspecified atom stereocenters. The predicted molar refractivity (Wildman–Crippen MR) is 83.1 cm³/mol. The summed E-state index contributed by atoms with van der Waals surface area (Å²) in [6.07, 6.45) is -1.31. The van der Waals surface area contributed by atoms with Crippen molar-refractivity contribution in [2.75, 3.05) is 20.6 Å². The molecular weight excluding hydrogens is 318 g/mol. The van der Waals surface area contributed by atoms with E-state index in [2.05, 4.69) is 0 Å². The van der Waals surface area contributed by atoms with Gasteiger partial charge in [0, 0.05) is 32.6 Å². The Kier molecular flexibility index (Phi) is 5.35. The minimum Gasteiger partial charge on any atom is -0.445 e. The highest BCUT2D eigenvalue weighted by Gasteiger charge is 2.40. The highest BCUT2D eigenvalue weighted by atomic mass is 16.6. The van der Waals surface area contributed by atoms with Crippen molar-refractivity contribution >= 4 is 17.7 Å². The Morgan fingerprint density at radius 3 is 2.54 bits per heavy atom. The smallest absolute Gasteiger partial charge is 0.410 e. The van der Waals surface area contributed by atoms with Crippen molar-refractivity contribution < 1.29 is 24.4 Å². The second-order valence-electron chi connectivity index (χ2n) is 5.77. The molecule has 0 bridgehead atoms. The van der Waals surface area contributed by atoms with E-state index in [1.54, 1.807) is 14.1 Å². The van der Waals surface area contributed by atoms with Gasteiger partial charge in [-0.3, -0.25) is 19.8 Å². The van der Waals surface area contributed by atoms with Crippen LogP contribution in [0.25, 0.3) is 0 Å². The molecule has 1 aromatic carbocycles. The number of likely N-dealkylation sites (tertiary alicyclic amines) is 1. The molecule has 0 radical (unpaired) electrons. The molecule has 1 aliphatic heterocycles. The monoisotopic (exact) mass is 337 g/mol. The van der Waals surface area contributed by atoms with Gasteiger partial charge in [-0.25, -0.2) is 4.79 Å². The van der Waals surface area contributed by atoms with Gasteiger partial charge < -0.3 is 14.7 Å². The zero-order valence-electron chi connectivity index (χ0n) is 13.4. The van der Waals surface area contributed by atoms with Crippen LogP contribution in [0.1, 0.15) is 12.0 Å². The van der Waals surface area contributed by atoms with Crippen LogP contribution in [0.3, 0.4) is 0 Å². The maximum atomic E-state index is 12.2. The summed E-state index contributed by atoms with van der Waals surface area (Å²) in [7, 11) is 3.15. The van der Waals surface area contributed by atoms with Crippen molar-refractivity contribution in [2.24, 2.45) is 0 Å². The Labute approximate surface area is 138 Å². The summed E-state index contributed by atoms with van der Waals surface area (Å²) < 4.78 is 5.16. The lowest BCUT2D eigenvalue weighted by atomic mass is 10.2. The summed E-state index contributed by atoms with van der Waals surface area (Å²) in [5, 5.41) is 20.3. The first-order chi connectivity index (χ1) is 11.3. The summed E-state index contributed by atoms with van der Waals surface area (Å²) in [5.41, 5.74) is 0.536. The van der Waals surface area contributed by atoms with E-state index in [0.717, 1.165) is 0 Å². The minimum atomic E-state index is -0.772. The standard InChI is InChI=1S/C15H19N3O6/c1-16(2)14(20)13-7-12(19)8-17(13)15(21)24-9-10-3-5-11(6-4-10)18(22)23/h3-6,12-13,19H,7-9H2,1-2H3/t12-,13-/m0/s1. The summed E-state index contributed by atoms with van der Waals surface area (Å²) in [5.74, 6) is -0.279. The molecule has 0 aromatic heterocycles. The number of carbonyl (C=O) groups excluding carboxylic acids is 2. The van der Waals surface area contributed by atoms with Gasteiger partial charge in [-0.2, -0.15) is 0 Å². The van der Waals surface area contributed by atoms with Gasteiger partial charge in [0.1, 0.15) is 12.6 Å². The summed E-state index contributed by atoms with van der Waals surface area (Å²) in [4.78, 5) is 36.9. The Bertz CT molecular complexity index is 631. The van der Waals surface area contributed by atoms with Crippen molar-refractivity contribution in [3.05, 3.63) is 39.9 Å². The molecule has 9 heteroatoms. The molecule has 1 aromatic rings. The molecule has 1 N–H and O–H groups in total. The lowest BCUT2D eigenvalue weighted by Crippen LogP contribution is -2.45. The molecule has 2 atom stereocenters. The molecule has 130 valence electrons. The van der Waals surface area contributed by atoms with Gasteiger partial charge in [0.15, 0.2) is 0 Å². The number of hydrogen-bond acceptors (Lipinski definition) is 6. The zero-order chi connectivity index (χ0) is 17.9. The van der Waals surface area contributed by atoms with Crippen LogP contribution in [0.4, 0.5) is 10.5 Å². The number of ether oxygens (including phenoxy) is 1. The number of aliphatic hydroxyl groups excluding tert-OH is 1. The van der Waals surface area contributed by atoms with Crippen LogP contribution in [-0.4, -0.2) is 64.6 Å². The third kappa shape index (κ3) is 3.99. The second-order valence-corrected chi connectivity index (χ2v) is 5.77. The van der Waals surface area contributed by atoms with Crippen molar-refractivity contribution in [3.63, 3.8) is 0 Å². The quantitative estimate of drug-likeness (QED) is 0.641. The molecule has 1 heterocycles. The third-order valence-electron chi connectivity index (χ3n) is 3.75. The summed E-state index contributed by atoms with van der Waals surface area (Å²) in [6, 6.07) is 4.88. The normalized spacial score (nSPS) is 19.9. The zero-order valence-corrected chi connectivity index (χ0v) is 13.4. The fourth-order valence-corrected chi connectivity index (χ4v) is 2.49. The van der Waals surface area contributed by atoms with E-state index in [-0.39, 0.29) is 31.2 Å². The van der Waals surface area contributed by atoms with Crippen molar-refractivity contribution in [2.45, 2.75) is 25.2 Å². The maximum absolute atomic E-state index is 12.2. The maximum Gasteiger partial charge on any atom is 0.410 e. The fraction of sp³-hybridized carbons (Fsp3) is 0.467. The van der Waals surface area contributed by atoms with Crippen LogP contribution in [0.5, 0.6) is 0 Å². The fourth-order valence-electron chi connectivity index (χ4n) is 2.49. The molecule has 0 spiro atoms. The van der Waals surface area contributed by atoms with Crippen LogP contribution in [0.2, 0.25) is 0 Å². The predicted octanol–water partition coefficient (Wildman–Crippen LogP) is 0.755. The number of non-ortho nitro benzene ring substituents is 1. The number of carbonyl (C=O) groups is 2. The van der Waals surface area contributed by atoms with E-state index in [4.69, 9.17) is 4.74 Å². The highest BCUT2D eigenvalue weighted by Crippen LogP contribution is 2.21. The van der Waals surface area contributed by atoms with Crippen LogP contribution >= 0.6 is 0 Å². The largest absolute Gasteiger partial charge is 0.445 e. The Morgan fingerprint density at radius 1 is 1.38 bits per heavy atom. The van der Waals surface area contributed by atoms with Gasteiger partial charge in [0.2, 0.25) is 5.91 Å². The molecule has 1 fully saturated rings. The van der Waals surface area contributed by atoms with Gasteiger partial charge in [0.25, 0.3) is 5.69 Å². The van der Waals surface area contributed by atoms with E-state index in [9.17, 15) is 24.8 Å². The number of benzene rings is 1. The van der Waals surface area contributed by atoms with Crippen molar-refractivity contribution in [1.82, 2.24) is 9.80 Å². The lowest BCUT2D eigenvalue weighted by molar-refractivity contribution is -0.384. The molecule has 2 amide bonds. The van der Waals surface area contributed by atoms with E-state index in [0.29, 0.717) is 5.56 Å². The van der Waals surface area contributed by atoms with Gasteiger partial charge in [-0.1, -0.05) is 0 Å². The number of aliphatic hydroxyl groups is 1. The Morgan fingerprint density at radius 2 is 2.00 bits per heavy atom. The first kappa shape index (κ1) is 17.7. The number of likely N-dealkylation sites (N-methyl/N-ethyl adjacent to an activating group) is 1.